The van der Waals surface area contributed by atoms with Crippen LogP contribution < -0.4 is 10.9 Å². The van der Waals surface area contributed by atoms with E-state index < -0.39 is 30.6 Å². The van der Waals surface area contributed by atoms with E-state index in [0.717, 1.165) is 10.6 Å². The number of nitrogens with one attached hydrogen (secondary N) is 2. The van der Waals surface area contributed by atoms with Crippen molar-refractivity contribution >= 4 is 21.8 Å². The van der Waals surface area contributed by atoms with Gasteiger partial charge in [-0.15, -0.1) is 0 Å². The summed E-state index contributed by atoms with van der Waals surface area (Å²) < 4.78 is 39.5. The summed E-state index contributed by atoms with van der Waals surface area (Å²) in [7, 11) is 0. The molecule has 26 heavy (non-hydrogen) atoms. The SMILES string of the molecule is O=C1C2CNNC2C2CC(Br)C(c3ccccn3)CC2N1CC(F)(F)F. The summed E-state index contributed by atoms with van der Waals surface area (Å²) in [6, 6.07) is 5.03. The zero-order chi connectivity index (χ0) is 18.5. The number of carbonyl (C=O) groups is 1. The van der Waals surface area contributed by atoms with E-state index in [0.29, 0.717) is 19.4 Å². The Balaban J connectivity index is 1.66. The number of hydrazine groups is 1. The number of fused-ring (bicyclic) bond motifs is 3. The molecule has 1 saturated carbocycles. The second-order valence-electron chi connectivity index (χ2n) is 7.32. The summed E-state index contributed by atoms with van der Waals surface area (Å²) in [6.07, 6.45) is -1.54. The number of aromatic nitrogens is 1. The average Bonchev–Trinajstić information content (AvgIpc) is 3.08. The fraction of sp³-hybridized carbons (Fsp3) is 0.647. The van der Waals surface area contributed by atoms with E-state index in [9.17, 15) is 18.0 Å². The normalized spacial score (nSPS) is 37.4. The van der Waals surface area contributed by atoms with Crippen molar-refractivity contribution in [1.29, 1.82) is 0 Å². The van der Waals surface area contributed by atoms with Crippen LogP contribution in [0.5, 0.6) is 0 Å². The van der Waals surface area contributed by atoms with Crippen molar-refractivity contribution in [2.45, 2.75) is 41.8 Å². The van der Waals surface area contributed by atoms with Crippen LogP contribution in [0, 0.1) is 11.8 Å². The molecule has 4 rings (SSSR count). The van der Waals surface area contributed by atoms with Gasteiger partial charge in [0.1, 0.15) is 6.54 Å². The maximum atomic E-state index is 13.2. The molecule has 0 bridgehead atoms. The highest BCUT2D eigenvalue weighted by Gasteiger charge is 2.55. The molecule has 1 amide bonds. The number of amides is 1. The highest BCUT2D eigenvalue weighted by atomic mass is 79.9. The molecule has 2 N–H and O–H groups in total. The van der Waals surface area contributed by atoms with Gasteiger partial charge in [0, 0.05) is 41.3 Å². The van der Waals surface area contributed by atoms with Gasteiger partial charge in [0.2, 0.25) is 5.91 Å². The third kappa shape index (κ3) is 3.25. The number of hydrogen-bond donors (Lipinski definition) is 2. The van der Waals surface area contributed by atoms with Gasteiger partial charge in [-0.2, -0.15) is 13.2 Å². The fourth-order valence-electron chi connectivity index (χ4n) is 4.74. The molecule has 2 aliphatic heterocycles. The molecule has 3 aliphatic rings. The number of rotatable bonds is 2. The molecule has 1 aliphatic carbocycles. The lowest BCUT2D eigenvalue weighted by Crippen LogP contribution is -2.64. The van der Waals surface area contributed by atoms with Crippen LogP contribution in [0.25, 0.3) is 0 Å². The highest BCUT2D eigenvalue weighted by Crippen LogP contribution is 2.47. The second kappa shape index (κ2) is 6.76. The van der Waals surface area contributed by atoms with Crippen LogP contribution in [0.2, 0.25) is 0 Å². The molecule has 0 spiro atoms. The Bertz CT molecular complexity index is 674. The van der Waals surface area contributed by atoms with Crippen LogP contribution in [0.4, 0.5) is 13.2 Å². The molecule has 3 heterocycles. The van der Waals surface area contributed by atoms with Crippen molar-refractivity contribution < 1.29 is 18.0 Å². The number of halogens is 4. The first-order chi connectivity index (χ1) is 12.3. The van der Waals surface area contributed by atoms with Gasteiger partial charge in [-0.05, 0) is 30.9 Å². The Morgan fingerprint density at radius 2 is 2.08 bits per heavy atom. The lowest BCUT2D eigenvalue weighted by atomic mass is 9.68. The minimum atomic E-state index is -4.40. The molecule has 142 valence electrons. The summed E-state index contributed by atoms with van der Waals surface area (Å²) in [4.78, 5) is 18.4. The van der Waals surface area contributed by atoms with E-state index >= 15 is 0 Å². The molecular weight excluding hydrogens is 413 g/mol. The number of piperidine rings is 1. The molecular formula is C17H20BrF3N4O. The Morgan fingerprint density at radius 1 is 1.27 bits per heavy atom. The van der Waals surface area contributed by atoms with Gasteiger partial charge >= 0.3 is 6.18 Å². The van der Waals surface area contributed by atoms with Crippen molar-refractivity contribution in [3.63, 3.8) is 0 Å². The maximum absolute atomic E-state index is 13.2. The zero-order valence-corrected chi connectivity index (χ0v) is 15.5. The first kappa shape index (κ1) is 18.2. The monoisotopic (exact) mass is 432 g/mol. The van der Waals surface area contributed by atoms with E-state index in [1.54, 1.807) is 6.20 Å². The minimum Gasteiger partial charge on any atom is -0.330 e. The molecule has 2 saturated heterocycles. The van der Waals surface area contributed by atoms with Gasteiger partial charge < -0.3 is 4.90 Å². The van der Waals surface area contributed by atoms with Crippen molar-refractivity contribution in [3.05, 3.63) is 30.1 Å². The van der Waals surface area contributed by atoms with Crippen molar-refractivity contribution in [3.8, 4) is 0 Å². The summed E-state index contributed by atoms with van der Waals surface area (Å²) in [5.41, 5.74) is 6.95. The topological polar surface area (TPSA) is 57.3 Å². The molecule has 9 heteroatoms. The Labute approximate surface area is 157 Å². The second-order valence-corrected chi connectivity index (χ2v) is 8.49. The van der Waals surface area contributed by atoms with Gasteiger partial charge in [0.05, 0.1) is 5.92 Å². The fourth-order valence-corrected chi connectivity index (χ4v) is 5.65. The molecule has 6 atom stereocenters. The first-order valence-corrected chi connectivity index (χ1v) is 9.67. The zero-order valence-electron chi connectivity index (χ0n) is 13.9. The van der Waals surface area contributed by atoms with Crippen LogP contribution in [-0.4, -0.2) is 52.0 Å². The van der Waals surface area contributed by atoms with Crippen LogP contribution >= 0.6 is 15.9 Å². The lowest BCUT2D eigenvalue weighted by Gasteiger charge is -2.51. The minimum absolute atomic E-state index is 0.0214. The number of nitrogens with zero attached hydrogens (tertiary/aromatic N) is 2. The molecule has 1 aromatic rings. The van der Waals surface area contributed by atoms with Gasteiger partial charge in [-0.3, -0.25) is 20.6 Å². The van der Waals surface area contributed by atoms with Crippen molar-refractivity contribution in [2.24, 2.45) is 11.8 Å². The largest absolute Gasteiger partial charge is 0.406 e. The summed E-state index contributed by atoms with van der Waals surface area (Å²) >= 11 is 3.73. The summed E-state index contributed by atoms with van der Waals surface area (Å²) in [6.45, 7) is -0.810. The van der Waals surface area contributed by atoms with Crippen LogP contribution in [0.1, 0.15) is 24.5 Å². The molecule has 0 aromatic carbocycles. The number of hydrogen-bond acceptors (Lipinski definition) is 4. The first-order valence-electron chi connectivity index (χ1n) is 8.76. The molecule has 5 nitrogen and oxygen atoms in total. The van der Waals surface area contributed by atoms with Gasteiger partial charge in [0.25, 0.3) is 0 Å². The summed E-state index contributed by atoms with van der Waals surface area (Å²) in [5, 5.41) is 0. The predicted molar refractivity (Wildman–Crippen MR) is 92.4 cm³/mol. The smallest absolute Gasteiger partial charge is 0.330 e. The standard InChI is InChI=1S/C17H20BrF3N4O/c18-12-5-10-14(6-9(12)13-3-1-2-4-22-13)25(8-17(19,20)21)16(26)11-7-23-24-15(10)11/h1-4,9-12,14-15,23-24H,5-8H2. The third-order valence-corrected chi connectivity index (χ3v) is 6.84. The molecule has 0 radical (unpaired) electrons. The predicted octanol–water partition coefficient (Wildman–Crippen LogP) is 2.20. The van der Waals surface area contributed by atoms with Crippen LogP contribution in [0.15, 0.2) is 24.4 Å². The quantitative estimate of drug-likeness (QED) is 0.703. The molecule has 6 unspecified atom stereocenters. The molecule has 1 aromatic heterocycles. The average molecular weight is 433 g/mol. The Morgan fingerprint density at radius 3 is 2.77 bits per heavy atom. The van der Waals surface area contributed by atoms with E-state index in [2.05, 4.69) is 31.8 Å². The van der Waals surface area contributed by atoms with E-state index in [1.807, 2.05) is 18.2 Å². The van der Waals surface area contributed by atoms with E-state index in [-0.39, 0.29) is 22.7 Å². The van der Waals surface area contributed by atoms with E-state index in [4.69, 9.17) is 0 Å². The Hall–Kier alpha value is -1.19. The summed E-state index contributed by atoms with van der Waals surface area (Å²) in [5.74, 6) is -0.894. The van der Waals surface area contributed by atoms with Crippen molar-refractivity contribution in [2.75, 3.05) is 13.1 Å². The molecule has 3 fully saturated rings. The third-order valence-electron chi connectivity index (χ3n) is 5.83. The number of alkyl halides is 4. The van der Waals surface area contributed by atoms with Crippen molar-refractivity contribution in [1.82, 2.24) is 20.7 Å². The number of carbonyl (C=O) groups excluding carboxylic acids is 1. The van der Waals surface area contributed by atoms with E-state index in [1.165, 1.54) is 0 Å². The Kier molecular flexibility index (Phi) is 4.73. The van der Waals surface area contributed by atoms with Crippen LogP contribution in [-0.2, 0) is 4.79 Å². The van der Waals surface area contributed by atoms with Gasteiger partial charge in [-0.1, -0.05) is 22.0 Å². The lowest BCUT2D eigenvalue weighted by molar-refractivity contribution is -0.178. The van der Waals surface area contributed by atoms with Gasteiger partial charge in [0.15, 0.2) is 0 Å². The number of pyridine rings is 1. The van der Waals surface area contributed by atoms with Crippen LogP contribution in [0.3, 0.4) is 0 Å². The van der Waals surface area contributed by atoms with Gasteiger partial charge in [-0.25, -0.2) is 0 Å². The maximum Gasteiger partial charge on any atom is 0.406 e. The number of likely N-dealkylation sites (tertiary alicyclic amines) is 1. The highest BCUT2D eigenvalue weighted by molar-refractivity contribution is 9.09.